The predicted octanol–water partition coefficient (Wildman–Crippen LogP) is 2.36. The van der Waals surface area contributed by atoms with Crippen LogP contribution in [0.3, 0.4) is 0 Å². The fourth-order valence-electron chi connectivity index (χ4n) is 1.79. The first kappa shape index (κ1) is 12.2. The Morgan fingerprint density at radius 2 is 2.41 bits per heavy atom. The Balaban J connectivity index is 2.26. The Morgan fingerprint density at radius 1 is 1.59 bits per heavy atom. The van der Waals surface area contributed by atoms with Crippen molar-refractivity contribution in [3.8, 4) is 5.75 Å². The van der Waals surface area contributed by atoms with Gasteiger partial charge in [0.1, 0.15) is 12.4 Å². The standard InChI is InChI=1S/C12H14BrNO3/c1-2-16-11(15)6-8-5-9(13)7-10-12(8)14-3-4-17-10/h5,7,14H,2-4,6H2,1H3. The highest BCUT2D eigenvalue weighted by Gasteiger charge is 2.17. The Labute approximate surface area is 108 Å². The summed E-state index contributed by atoms with van der Waals surface area (Å²) in [6.45, 7) is 3.60. The van der Waals surface area contributed by atoms with Crippen LogP contribution in [0, 0.1) is 0 Å². The first-order valence-corrected chi connectivity index (χ1v) is 6.34. The molecule has 92 valence electrons. The van der Waals surface area contributed by atoms with Crippen molar-refractivity contribution in [3.05, 3.63) is 22.2 Å². The third-order valence-electron chi connectivity index (χ3n) is 2.45. The zero-order valence-corrected chi connectivity index (χ0v) is 11.2. The molecule has 5 heteroatoms. The number of hydrogen-bond donors (Lipinski definition) is 1. The van der Waals surface area contributed by atoms with Gasteiger partial charge in [-0.25, -0.2) is 0 Å². The van der Waals surface area contributed by atoms with Crippen LogP contribution in [0.5, 0.6) is 5.75 Å². The number of ether oxygens (including phenoxy) is 2. The molecule has 0 radical (unpaired) electrons. The van der Waals surface area contributed by atoms with E-state index in [-0.39, 0.29) is 12.4 Å². The summed E-state index contributed by atoms with van der Waals surface area (Å²) < 4.78 is 11.4. The molecule has 1 aliphatic heterocycles. The highest BCUT2D eigenvalue weighted by atomic mass is 79.9. The molecule has 4 nitrogen and oxygen atoms in total. The maximum Gasteiger partial charge on any atom is 0.310 e. The first-order valence-electron chi connectivity index (χ1n) is 5.55. The van der Waals surface area contributed by atoms with Crippen LogP contribution in [-0.2, 0) is 16.0 Å². The Bertz CT molecular complexity index is 434. The molecule has 0 aliphatic carbocycles. The van der Waals surface area contributed by atoms with Crippen LogP contribution in [0.1, 0.15) is 12.5 Å². The lowest BCUT2D eigenvalue weighted by Gasteiger charge is -2.22. The van der Waals surface area contributed by atoms with Gasteiger partial charge in [0.25, 0.3) is 0 Å². The highest BCUT2D eigenvalue weighted by Crippen LogP contribution is 2.34. The van der Waals surface area contributed by atoms with Gasteiger partial charge in [-0.3, -0.25) is 4.79 Å². The molecule has 1 aliphatic rings. The van der Waals surface area contributed by atoms with Gasteiger partial charge in [-0.15, -0.1) is 0 Å². The second-order valence-electron chi connectivity index (χ2n) is 3.70. The molecule has 0 amide bonds. The van der Waals surface area contributed by atoms with E-state index in [4.69, 9.17) is 9.47 Å². The Morgan fingerprint density at radius 3 is 3.18 bits per heavy atom. The van der Waals surface area contributed by atoms with E-state index in [2.05, 4.69) is 21.2 Å². The zero-order chi connectivity index (χ0) is 12.3. The van der Waals surface area contributed by atoms with E-state index in [1.165, 1.54) is 0 Å². The molecular formula is C12H14BrNO3. The van der Waals surface area contributed by atoms with Crippen molar-refractivity contribution in [2.75, 3.05) is 25.1 Å². The fourth-order valence-corrected chi connectivity index (χ4v) is 2.28. The van der Waals surface area contributed by atoms with Crippen LogP contribution >= 0.6 is 15.9 Å². The SMILES string of the molecule is CCOC(=O)Cc1cc(Br)cc2c1NCCO2. The summed E-state index contributed by atoms with van der Waals surface area (Å²) in [4.78, 5) is 11.5. The highest BCUT2D eigenvalue weighted by molar-refractivity contribution is 9.10. The monoisotopic (exact) mass is 299 g/mol. The molecule has 0 saturated heterocycles. The first-order chi connectivity index (χ1) is 8.20. The number of hydrogen-bond acceptors (Lipinski definition) is 4. The quantitative estimate of drug-likeness (QED) is 0.871. The van der Waals surface area contributed by atoms with Crippen LogP contribution in [0.25, 0.3) is 0 Å². The molecule has 0 bridgehead atoms. The number of carbonyl (C=O) groups is 1. The van der Waals surface area contributed by atoms with Crippen LogP contribution in [-0.4, -0.2) is 25.7 Å². The van der Waals surface area contributed by atoms with Gasteiger partial charge in [0, 0.05) is 11.0 Å². The second-order valence-corrected chi connectivity index (χ2v) is 4.61. The van der Waals surface area contributed by atoms with Gasteiger partial charge >= 0.3 is 5.97 Å². The Kier molecular flexibility index (Phi) is 3.89. The molecule has 1 heterocycles. The van der Waals surface area contributed by atoms with Gasteiger partial charge in [0.05, 0.1) is 18.7 Å². The topological polar surface area (TPSA) is 47.6 Å². The van der Waals surface area contributed by atoms with Crippen molar-refractivity contribution in [1.82, 2.24) is 0 Å². The van der Waals surface area contributed by atoms with Crippen LogP contribution < -0.4 is 10.1 Å². The number of fused-ring (bicyclic) bond motifs is 1. The molecule has 17 heavy (non-hydrogen) atoms. The largest absolute Gasteiger partial charge is 0.490 e. The lowest BCUT2D eigenvalue weighted by molar-refractivity contribution is -0.142. The average molecular weight is 300 g/mol. The van der Waals surface area contributed by atoms with Gasteiger partial charge in [-0.2, -0.15) is 0 Å². The van der Waals surface area contributed by atoms with Gasteiger partial charge in [0.15, 0.2) is 0 Å². The molecule has 0 unspecified atom stereocenters. The Hall–Kier alpha value is -1.23. The lowest BCUT2D eigenvalue weighted by Crippen LogP contribution is -2.20. The van der Waals surface area contributed by atoms with E-state index >= 15 is 0 Å². The summed E-state index contributed by atoms with van der Waals surface area (Å²) in [5.74, 6) is 0.560. The number of nitrogens with one attached hydrogen (secondary N) is 1. The normalized spacial score (nSPS) is 13.3. The number of benzene rings is 1. The minimum atomic E-state index is -0.222. The summed E-state index contributed by atoms with van der Waals surface area (Å²) >= 11 is 3.41. The number of rotatable bonds is 3. The average Bonchev–Trinajstić information content (AvgIpc) is 2.29. The number of halogens is 1. The number of carbonyl (C=O) groups excluding carboxylic acids is 1. The second kappa shape index (κ2) is 5.40. The third kappa shape index (κ3) is 2.91. The predicted molar refractivity (Wildman–Crippen MR) is 68.5 cm³/mol. The molecular weight excluding hydrogens is 286 g/mol. The van der Waals surface area contributed by atoms with Gasteiger partial charge in [-0.1, -0.05) is 15.9 Å². The van der Waals surface area contributed by atoms with Crippen molar-refractivity contribution in [2.45, 2.75) is 13.3 Å². The third-order valence-corrected chi connectivity index (χ3v) is 2.91. The van der Waals surface area contributed by atoms with E-state index in [0.717, 1.165) is 28.0 Å². The number of anilines is 1. The van der Waals surface area contributed by atoms with E-state index < -0.39 is 0 Å². The molecule has 0 fully saturated rings. The van der Waals surface area contributed by atoms with Crippen LogP contribution in [0.15, 0.2) is 16.6 Å². The van der Waals surface area contributed by atoms with Crippen LogP contribution in [0.2, 0.25) is 0 Å². The summed E-state index contributed by atoms with van der Waals surface area (Å²) in [5.41, 5.74) is 1.79. The fraction of sp³-hybridized carbons (Fsp3) is 0.417. The molecule has 0 saturated carbocycles. The molecule has 2 rings (SSSR count). The number of esters is 1. The molecule has 0 aromatic heterocycles. The van der Waals surface area contributed by atoms with E-state index in [1.54, 1.807) is 6.92 Å². The maximum absolute atomic E-state index is 11.5. The van der Waals surface area contributed by atoms with Crippen molar-refractivity contribution < 1.29 is 14.3 Å². The maximum atomic E-state index is 11.5. The minimum absolute atomic E-state index is 0.222. The van der Waals surface area contributed by atoms with E-state index in [9.17, 15) is 4.79 Å². The van der Waals surface area contributed by atoms with E-state index in [1.807, 2.05) is 12.1 Å². The van der Waals surface area contributed by atoms with Crippen molar-refractivity contribution >= 4 is 27.6 Å². The smallest absolute Gasteiger partial charge is 0.310 e. The zero-order valence-electron chi connectivity index (χ0n) is 9.59. The molecule has 1 aromatic rings. The summed E-state index contributed by atoms with van der Waals surface area (Å²) in [6, 6.07) is 3.81. The van der Waals surface area contributed by atoms with Gasteiger partial charge in [-0.05, 0) is 24.6 Å². The van der Waals surface area contributed by atoms with Crippen LogP contribution in [0.4, 0.5) is 5.69 Å². The van der Waals surface area contributed by atoms with Crippen molar-refractivity contribution in [2.24, 2.45) is 0 Å². The van der Waals surface area contributed by atoms with Gasteiger partial charge < -0.3 is 14.8 Å². The molecule has 0 atom stereocenters. The molecule has 1 N–H and O–H groups in total. The van der Waals surface area contributed by atoms with Gasteiger partial charge in [0.2, 0.25) is 0 Å². The lowest BCUT2D eigenvalue weighted by atomic mass is 10.1. The minimum Gasteiger partial charge on any atom is -0.490 e. The van der Waals surface area contributed by atoms with Crippen molar-refractivity contribution in [1.29, 1.82) is 0 Å². The van der Waals surface area contributed by atoms with E-state index in [0.29, 0.717) is 13.2 Å². The molecule has 0 spiro atoms. The van der Waals surface area contributed by atoms with Crippen molar-refractivity contribution in [3.63, 3.8) is 0 Å². The summed E-state index contributed by atoms with van der Waals surface area (Å²) in [5, 5.41) is 3.25. The summed E-state index contributed by atoms with van der Waals surface area (Å²) in [7, 11) is 0. The molecule has 1 aromatic carbocycles. The summed E-state index contributed by atoms with van der Waals surface area (Å²) in [6.07, 6.45) is 0.256.